The summed E-state index contributed by atoms with van der Waals surface area (Å²) in [6.45, 7) is 2.81. The normalized spacial score (nSPS) is 14.8. The van der Waals surface area contributed by atoms with Crippen molar-refractivity contribution in [3.05, 3.63) is 39.3 Å². The molecule has 0 amide bonds. The highest BCUT2D eigenvalue weighted by Gasteiger charge is 2.17. The fourth-order valence-corrected chi connectivity index (χ4v) is 3.04. The summed E-state index contributed by atoms with van der Waals surface area (Å²) in [5.74, 6) is 1.91. The van der Waals surface area contributed by atoms with Crippen molar-refractivity contribution in [3.63, 3.8) is 0 Å². The van der Waals surface area contributed by atoms with Gasteiger partial charge in [0.1, 0.15) is 5.76 Å². The summed E-state index contributed by atoms with van der Waals surface area (Å²) in [7, 11) is 0. The highest BCUT2D eigenvalue weighted by atomic mass is 79.9. The van der Waals surface area contributed by atoms with Crippen LogP contribution in [0.4, 0.5) is 11.5 Å². The van der Waals surface area contributed by atoms with E-state index < -0.39 is 0 Å². The SMILES string of the molecule is Brc1cc(CNc2cccnc2N2CCCC2)oc1Br. The number of halogens is 2. The van der Waals surface area contributed by atoms with Crippen molar-refractivity contribution in [3.8, 4) is 0 Å². The minimum Gasteiger partial charge on any atom is -0.451 e. The first-order valence-corrected chi connectivity index (χ1v) is 8.20. The van der Waals surface area contributed by atoms with E-state index in [1.165, 1.54) is 12.8 Å². The molecular weight excluding hydrogens is 386 g/mol. The van der Waals surface area contributed by atoms with Gasteiger partial charge in [-0.1, -0.05) is 0 Å². The number of nitrogens with one attached hydrogen (secondary N) is 1. The van der Waals surface area contributed by atoms with Gasteiger partial charge in [0.2, 0.25) is 0 Å². The molecule has 106 valence electrons. The molecule has 3 rings (SSSR count). The molecule has 3 heterocycles. The Morgan fingerprint density at radius 2 is 2.10 bits per heavy atom. The average Bonchev–Trinajstić information content (AvgIpc) is 3.08. The Bertz CT molecular complexity index is 574. The Balaban J connectivity index is 1.73. The summed E-state index contributed by atoms with van der Waals surface area (Å²) < 4.78 is 7.23. The fraction of sp³-hybridized carbons (Fsp3) is 0.357. The van der Waals surface area contributed by atoms with E-state index in [2.05, 4.69) is 53.1 Å². The quantitative estimate of drug-likeness (QED) is 0.825. The molecule has 1 fully saturated rings. The first kappa shape index (κ1) is 13.9. The van der Waals surface area contributed by atoms with Crippen LogP contribution in [-0.2, 0) is 6.54 Å². The van der Waals surface area contributed by atoms with Gasteiger partial charge in [-0.2, -0.15) is 0 Å². The Kier molecular flexibility index (Phi) is 4.31. The number of rotatable bonds is 4. The van der Waals surface area contributed by atoms with Crippen molar-refractivity contribution in [1.29, 1.82) is 0 Å². The number of nitrogens with zero attached hydrogens (tertiary/aromatic N) is 2. The van der Waals surface area contributed by atoms with Gasteiger partial charge in [-0.05, 0) is 62.9 Å². The number of furan rings is 1. The standard InChI is InChI=1S/C14H15Br2N3O/c15-11-8-10(20-13(11)16)9-18-12-4-3-5-17-14(12)19-6-1-2-7-19/h3-5,8,18H,1-2,6-7,9H2. The maximum Gasteiger partial charge on any atom is 0.183 e. The zero-order valence-electron chi connectivity index (χ0n) is 10.9. The van der Waals surface area contributed by atoms with Gasteiger partial charge in [0.15, 0.2) is 10.5 Å². The fourth-order valence-electron chi connectivity index (χ4n) is 2.38. The van der Waals surface area contributed by atoms with Crippen LogP contribution in [0.2, 0.25) is 0 Å². The van der Waals surface area contributed by atoms with Crippen LogP contribution in [0, 0.1) is 0 Å². The molecule has 20 heavy (non-hydrogen) atoms. The second-order valence-corrected chi connectivity index (χ2v) is 6.33. The van der Waals surface area contributed by atoms with Gasteiger partial charge in [0, 0.05) is 19.3 Å². The monoisotopic (exact) mass is 399 g/mol. The van der Waals surface area contributed by atoms with Gasteiger partial charge in [-0.3, -0.25) is 0 Å². The van der Waals surface area contributed by atoms with E-state index in [1.807, 2.05) is 18.3 Å². The molecule has 0 atom stereocenters. The zero-order chi connectivity index (χ0) is 13.9. The predicted octanol–water partition coefficient (Wildman–Crippen LogP) is 4.41. The molecule has 0 saturated carbocycles. The van der Waals surface area contributed by atoms with E-state index in [0.29, 0.717) is 6.54 Å². The molecule has 0 spiro atoms. The lowest BCUT2D eigenvalue weighted by atomic mass is 10.3. The van der Waals surface area contributed by atoms with Crippen molar-refractivity contribution in [1.82, 2.24) is 4.98 Å². The third-order valence-electron chi connectivity index (χ3n) is 3.34. The molecule has 6 heteroatoms. The molecular formula is C14H15Br2N3O. The molecule has 2 aromatic heterocycles. The highest BCUT2D eigenvalue weighted by Crippen LogP contribution is 2.29. The maximum atomic E-state index is 5.57. The van der Waals surface area contributed by atoms with Crippen molar-refractivity contribution < 1.29 is 4.42 Å². The summed E-state index contributed by atoms with van der Waals surface area (Å²) in [6.07, 6.45) is 4.33. The minimum absolute atomic E-state index is 0.636. The van der Waals surface area contributed by atoms with Crippen molar-refractivity contribution in [2.75, 3.05) is 23.3 Å². The third kappa shape index (κ3) is 3.01. The topological polar surface area (TPSA) is 41.3 Å². The Morgan fingerprint density at radius 1 is 1.30 bits per heavy atom. The Hall–Kier alpha value is -1.01. The number of pyridine rings is 1. The summed E-state index contributed by atoms with van der Waals surface area (Å²) >= 11 is 6.77. The third-order valence-corrected chi connectivity index (χ3v) is 5.05. The van der Waals surface area contributed by atoms with Gasteiger partial charge in [0.25, 0.3) is 0 Å². The van der Waals surface area contributed by atoms with Crippen LogP contribution in [-0.4, -0.2) is 18.1 Å². The van der Waals surface area contributed by atoms with Crippen molar-refractivity contribution >= 4 is 43.4 Å². The van der Waals surface area contributed by atoms with Gasteiger partial charge in [-0.15, -0.1) is 0 Å². The predicted molar refractivity (Wildman–Crippen MR) is 87.1 cm³/mol. The lowest BCUT2D eigenvalue weighted by Gasteiger charge is -2.20. The van der Waals surface area contributed by atoms with Crippen LogP contribution in [0.3, 0.4) is 0 Å². The van der Waals surface area contributed by atoms with E-state index in [-0.39, 0.29) is 0 Å². The van der Waals surface area contributed by atoms with E-state index in [1.54, 1.807) is 0 Å². The molecule has 2 aromatic rings. The molecule has 4 nitrogen and oxygen atoms in total. The van der Waals surface area contributed by atoms with Crippen LogP contribution in [0.5, 0.6) is 0 Å². The second-order valence-electron chi connectivity index (χ2n) is 4.76. The van der Waals surface area contributed by atoms with Crippen LogP contribution in [0.1, 0.15) is 18.6 Å². The van der Waals surface area contributed by atoms with Gasteiger partial charge in [0.05, 0.1) is 16.7 Å². The molecule has 1 aliphatic rings. The summed E-state index contributed by atoms with van der Waals surface area (Å²) in [6, 6.07) is 5.98. The van der Waals surface area contributed by atoms with E-state index in [9.17, 15) is 0 Å². The Morgan fingerprint density at radius 3 is 2.80 bits per heavy atom. The van der Waals surface area contributed by atoms with Crippen molar-refractivity contribution in [2.45, 2.75) is 19.4 Å². The molecule has 1 aliphatic heterocycles. The van der Waals surface area contributed by atoms with Gasteiger partial charge >= 0.3 is 0 Å². The number of hydrogen-bond donors (Lipinski definition) is 1. The number of aromatic nitrogens is 1. The Labute approximate surface area is 134 Å². The molecule has 1 N–H and O–H groups in total. The van der Waals surface area contributed by atoms with Crippen LogP contribution < -0.4 is 10.2 Å². The minimum atomic E-state index is 0.636. The zero-order valence-corrected chi connectivity index (χ0v) is 14.1. The van der Waals surface area contributed by atoms with Crippen LogP contribution >= 0.6 is 31.9 Å². The lowest BCUT2D eigenvalue weighted by Crippen LogP contribution is -2.20. The van der Waals surface area contributed by atoms with Crippen molar-refractivity contribution in [2.24, 2.45) is 0 Å². The summed E-state index contributed by atoms with van der Waals surface area (Å²) in [5, 5.41) is 3.41. The number of anilines is 2. The van der Waals surface area contributed by atoms with Crippen LogP contribution in [0.15, 0.2) is 38.0 Å². The van der Waals surface area contributed by atoms with E-state index in [4.69, 9.17) is 4.42 Å². The molecule has 0 aromatic carbocycles. The second kappa shape index (κ2) is 6.18. The largest absolute Gasteiger partial charge is 0.451 e. The molecule has 0 radical (unpaired) electrons. The van der Waals surface area contributed by atoms with Gasteiger partial charge in [-0.25, -0.2) is 4.98 Å². The molecule has 0 bridgehead atoms. The summed E-state index contributed by atoms with van der Waals surface area (Å²) in [4.78, 5) is 6.84. The van der Waals surface area contributed by atoms with E-state index >= 15 is 0 Å². The van der Waals surface area contributed by atoms with Crippen LogP contribution in [0.25, 0.3) is 0 Å². The smallest absolute Gasteiger partial charge is 0.183 e. The molecule has 0 unspecified atom stereocenters. The van der Waals surface area contributed by atoms with E-state index in [0.717, 1.165) is 39.5 Å². The van der Waals surface area contributed by atoms with Gasteiger partial charge < -0.3 is 14.6 Å². The summed E-state index contributed by atoms with van der Waals surface area (Å²) in [5.41, 5.74) is 1.05. The first-order chi connectivity index (χ1) is 9.74. The highest BCUT2D eigenvalue weighted by molar-refractivity contribution is 9.13. The molecule has 1 saturated heterocycles. The lowest BCUT2D eigenvalue weighted by molar-refractivity contribution is 0.494. The maximum absolute atomic E-state index is 5.57. The molecule has 0 aliphatic carbocycles. The average molecular weight is 401 g/mol. The number of hydrogen-bond acceptors (Lipinski definition) is 4. The first-order valence-electron chi connectivity index (χ1n) is 6.61.